The SMILES string of the molecule is CCNC1CN(C(=O)O)CCC1NC(=O)c1nc(Cl)c(CC)[nH]1. The molecule has 8 nitrogen and oxygen atoms in total. The van der Waals surface area contributed by atoms with E-state index in [1.807, 2.05) is 13.8 Å². The summed E-state index contributed by atoms with van der Waals surface area (Å²) in [4.78, 5) is 31.8. The molecule has 23 heavy (non-hydrogen) atoms. The van der Waals surface area contributed by atoms with Crippen LogP contribution in [-0.4, -0.2) is 63.7 Å². The minimum absolute atomic E-state index is 0.134. The Kier molecular flexibility index (Phi) is 5.84. The summed E-state index contributed by atoms with van der Waals surface area (Å²) in [6.07, 6.45) is 0.268. The Balaban J connectivity index is 2.04. The molecule has 1 fully saturated rings. The summed E-state index contributed by atoms with van der Waals surface area (Å²) in [7, 11) is 0. The van der Waals surface area contributed by atoms with Crippen LogP contribution in [0.25, 0.3) is 0 Å². The molecule has 0 aromatic carbocycles. The summed E-state index contributed by atoms with van der Waals surface area (Å²) in [5, 5.41) is 15.6. The van der Waals surface area contributed by atoms with Gasteiger partial charge in [0, 0.05) is 25.2 Å². The van der Waals surface area contributed by atoms with Gasteiger partial charge in [-0.05, 0) is 19.4 Å². The number of carbonyl (C=O) groups excluding carboxylic acids is 1. The molecule has 0 bridgehead atoms. The predicted molar refractivity (Wildman–Crippen MR) is 85.9 cm³/mol. The molecule has 0 radical (unpaired) electrons. The van der Waals surface area contributed by atoms with E-state index in [0.29, 0.717) is 37.6 Å². The number of halogens is 1. The lowest BCUT2D eigenvalue weighted by atomic mass is 9.99. The van der Waals surface area contributed by atoms with E-state index >= 15 is 0 Å². The van der Waals surface area contributed by atoms with Crippen molar-refractivity contribution in [1.82, 2.24) is 25.5 Å². The number of carboxylic acid groups (broad SMARTS) is 1. The number of hydrogen-bond donors (Lipinski definition) is 4. The predicted octanol–water partition coefficient (Wildman–Crippen LogP) is 1.09. The van der Waals surface area contributed by atoms with Crippen LogP contribution in [0.1, 0.15) is 36.6 Å². The third-order valence-electron chi connectivity index (χ3n) is 3.96. The quantitative estimate of drug-likeness (QED) is 0.639. The van der Waals surface area contributed by atoms with E-state index in [-0.39, 0.29) is 23.8 Å². The van der Waals surface area contributed by atoms with Crippen molar-refractivity contribution >= 4 is 23.6 Å². The van der Waals surface area contributed by atoms with E-state index in [2.05, 4.69) is 20.6 Å². The fraction of sp³-hybridized carbons (Fsp3) is 0.643. The van der Waals surface area contributed by atoms with Crippen LogP contribution >= 0.6 is 11.6 Å². The van der Waals surface area contributed by atoms with Gasteiger partial charge in [0.2, 0.25) is 0 Å². The molecule has 2 heterocycles. The van der Waals surface area contributed by atoms with Gasteiger partial charge in [-0.1, -0.05) is 25.4 Å². The fourth-order valence-electron chi connectivity index (χ4n) is 2.73. The molecule has 1 aliphatic rings. The Hall–Kier alpha value is -1.80. The summed E-state index contributed by atoms with van der Waals surface area (Å²) in [6.45, 7) is 5.29. The van der Waals surface area contributed by atoms with Crippen molar-refractivity contribution in [2.24, 2.45) is 0 Å². The summed E-state index contributed by atoms with van der Waals surface area (Å²) in [5.74, 6) is -0.147. The molecule has 0 aliphatic carbocycles. The smallest absolute Gasteiger partial charge is 0.407 e. The van der Waals surface area contributed by atoms with Crippen LogP contribution < -0.4 is 10.6 Å². The number of hydrogen-bond acceptors (Lipinski definition) is 4. The lowest BCUT2D eigenvalue weighted by Gasteiger charge is -2.37. The van der Waals surface area contributed by atoms with Crippen molar-refractivity contribution in [3.05, 3.63) is 16.7 Å². The number of imidazole rings is 1. The van der Waals surface area contributed by atoms with Crippen LogP contribution in [0.2, 0.25) is 5.15 Å². The van der Waals surface area contributed by atoms with Crippen LogP contribution in [0.5, 0.6) is 0 Å². The third kappa shape index (κ3) is 4.14. The molecule has 2 amide bonds. The molecule has 2 rings (SSSR count). The van der Waals surface area contributed by atoms with E-state index < -0.39 is 6.09 Å². The number of likely N-dealkylation sites (N-methyl/N-ethyl adjacent to an activating group) is 1. The fourth-order valence-corrected chi connectivity index (χ4v) is 3.00. The number of H-pyrrole nitrogens is 1. The van der Waals surface area contributed by atoms with Crippen LogP contribution in [0.3, 0.4) is 0 Å². The lowest BCUT2D eigenvalue weighted by molar-refractivity contribution is 0.0863. The molecular weight excluding hydrogens is 322 g/mol. The summed E-state index contributed by atoms with van der Waals surface area (Å²) in [6, 6.07) is -0.295. The van der Waals surface area contributed by atoms with Gasteiger partial charge in [-0.3, -0.25) is 4.79 Å². The highest BCUT2D eigenvalue weighted by molar-refractivity contribution is 6.30. The standard InChI is InChI=1S/C14H22ClN5O3/c1-3-8-11(15)19-12(17-8)13(21)18-9-5-6-20(14(22)23)7-10(9)16-4-2/h9-10,16H,3-7H2,1-2H3,(H,17,19)(H,18,21)(H,22,23). The number of nitrogens with one attached hydrogen (secondary N) is 3. The average molecular weight is 344 g/mol. The summed E-state index contributed by atoms with van der Waals surface area (Å²) in [5.41, 5.74) is 0.723. The first-order chi connectivity index (χ1) is 11.0. The molecule has 4 N–H and O–H groups in total. The molecule has 1 aliphatic heterocycles. The Bertz CT molecular complexity index is 577. The minimum atomic E-state index is -0.942. The zero-order valence-corrected chi connectivity index (χ0v) is 14.0. The topological polar surface area (TPSA) is 110 Å². The molecule has 128 valence electrons. The third-order valence-corrected chi connectivity index (χ3v) is 4.28. The highest BCUT2D eigenvalue weighted by atomic mass is 35.5. The lowest BCUT2D eigenvalue weighted by Crippen LogP contribution is -2.60. The second-order valence-corrected chi connectivity index (χ2v) is 5.83. The van der Waals surface area contributed by atoms with Crippen LogP contribution in [-0.2, 0) is 6.42 Å². The van der Waals surface area contributed by atoms with Crippen molar-refractivity contribution in [3.63, 3.8) is 0 Å². The maximum Gasteiger partial charge on any atom is 0.407 e. The molecular formula is C14H22ClN5O3. The highest BCUT2D eigenvalue weighted by Crippen LogP contribution is 2.15. The average Bonchev–Trinajstić information content (AvgIpc) is 2.90. The first-order valence-corrected chi connectivity index (χ1v) is 8.10. The maximum atomic E-state index is 12.3. The minimum Gasteiger partial charge on any atom is -0.465 e. The second-order valence-electron chi connectivity index (χ2n) is 5.47. The number of amides is 2. The van der Waals surface area contributed by atoms with Gasteiger partial charge in [-0.15, -0.1) is 0 Å². The first-order valence-electron chi connectivity index (χ1n) is 7.72. The summed E-state index contributed by atoms with van der Waals surface area (Å²) < 4.78 is 0. The van der Waals surface area contributed by atoms with Gasteiger partial charge in [0.1, 0.15) is 0 Å². The second kappa shape index (κ2) is 7.65. The molecule has 2 unspecified atom stereocenters. The molecule has 1 saturated heterocycles. The zero-order chi connectivity index (χ0) is 17.0. The number of likely N-dealkylation sites (tertiary alicyclic amines) is 1. The van der Waals surface area contributed by atoms with Gasteiger partial charge in [-0.2, -0.15) is 0 Å². The van der Waals surface area contributed by atoms with Gasteiger partial charge in [0.05, 0.1) is 5.69 Å². The normalized spacial score (nSPS) is 21.3. The number of piperidine rings is 1. The molecule has 1 aromatic rings. The number of carbonyl (C=O) groups is 2. The Morgan fingerprint density at radius 1 is 1.43 bits per heavy atom. The number of aromatic nitrogens is 2. The van der Waals surface area contributed by atoms with Crippen molar-refractivity contribution in [3.8, 4) is 0 Å². The Labute approximate surface area is 139 Å². The van der Waals surface area contributed by atoms with E-state index in [9.17, 15) is 9.59 Å². The van der Waals surface area contributed by atoms with Crippen LogP contribution in [0, 0.1) is 0 Å². The Morgan fingerprint density at radius 2 is 2.17 bits per heavy atom. The highest BCUT2D eigenvalue weighted by Gasteiger charge is 2.32. The van der Waals surface area contributed by atoms with Crippen molar-refractivity contribution in [2.75, 3.05) is 19.6 Å². The van der Waals surface area contributed by atoms with E-state index in [1.54, 1.807) is 0 Å². The van der Waals surface area contributed by atoms with Gasteiger partial charge < -0.3 is 25.6 Å². The molecule has 2 atom stereocenters. The number of rotatable bonds is 5. The van der Waals surface area contributed by atoms with Crippen molar-refractivity contribution < 1.29 is 14.7 Å². The number of nitrogens with zero attached hydrogens (tertiary/aromatic N) is 2. The first kappa shape index (κ1) is 17.6. The van der Waals surface area contributed by atoms with E-state index in [1.165, 1.54) is 4.90 Å². The number of aryl methyl sites for hydroxylation is 1. The molecule has 9 heteroatoms. The van der Waals surface area contributed by atoms with Crippen LogP contribution in [0.15, 0.2) is 0 Å². The monoisotopic (exact) mass is 343 g/mol. The molecule has 1 aromatic heterocycles. The van der Waals surface area contributed by atoms with E-state index in [4.69, 9.17) is 16.7 Å². The maximum absolute atomic E-state index is 12.3. The molecule has 0 spiro atoms. The largest absolute Gasteiger partial charge is 0.465 e. The van der Waals surface area contributed by atoms with Crippen molar-refractivity contribution in [1.29, 1.82) is 0 Å². The summed E-state index contributed by atoms with van der Waals surface area (Å²) >= 11 is 5.96. The number of aromatic amines is 1. The zero-order valence-electron chi connectivity index (χ0n) is 13.2. The van der Waals surface area contributed by atoms with Crippen LogP contribution in [0.4, 0.5) is 4.79 Å². The molecule has 0 saturated carbocycles. The van der Waals surface area contributed by atoms with Gasteiger partial charge in [-0.25, -0.2) is 9.78 Å². The van der Waals surface area contributed by atoms with Crippen molar-refractivity contribution in [2.45, 2.75) is 38.8 Å². The van der Waals surface area contributed by atoms with Gasteiger partial charge in [0.15, 0.2) is 11.0 Å². The Morgan fingerprint density at radius 3 is 2.74 bits per heavy atom. The van der Waals surface area contributed by atoms with E-state index in [0.717, 1.165) is 5.69 Å². The van der Waals surface area contributed by atoms with Gasteiger partial charge in [0.25, 0.3) is 5.91 Å². The van der Waals surface area contributed by atoms with Gasteiger partial charge >= 0.3 is 6.09 Å².